The van der Waals surface area contributed by atoms with E-state index in [9.17, 15) is 14.3 Å². The van der Waals surface area contributed by atoms with Crippen LogP contribution in [-0.4, -0.2) is 22.1 Å². The van der Waals surface area contributed by atoms with Crippen LogP contribution in [0.5, 0.6) is 0 Å². The molecule has 0 radical (unpaired) electrons. The minimum Gasteiger partial charge on any atom is -0.508 e. The summed E-state index contributed by atoms with van der Waals surface area (Å²) in [6.07, 6.45) is 0.670. The predicted molar refractivity (Wildman–Crippen MR) is 110 cm³/mol. The van der Waals surface area contributed by atoms with Crippen LogP contribution in [0.3, 0.4) is 0 Å². The summed E-state index contributed by atoms with van der Waals surface area (Å²) in [7, 11) is 0. The molecule has 1 N–H and O–H groups in total. The van der Waals surface area contributed by atoms with Crippen molar-refractivity contribution >= 4 is 11.4 Å². The number of carbonyl (C=O) groups is 1. The van der Waals surface area contributed by atoms with Crippen LogP contribution in [0.15, 0.2) is 42.2 Å². The van der Waals surface area contributed by atoms with E-state index in [1.165, 1.54) is 12.1 Å². The topological polar surface area (TPSA) is 46.5 Å². The van der Waals surface area contributed by atoms with E-state index >= 15 is 0 Å². The van der Waals surface area contributed by atoms with E-state index in [4.69, 9.17) is 4.74 Å². The Balaban J connectivity index is 2.20. The molecule has 1 aliphatic rings. The number of benzene rings is 2. The normalized spacial score (nSPS) is 18.5. The van der Waals surface area contributed by atoms with Crippen molar-refractivity contribution in [3.8, 4) is 11.1 Å². The van der Waals surface area contributed by atoms with Crippen LogP contribution in [-0.2, 0) is 16.0 Å². The molecule has 3 rings (SSSR count). The Kier molecular flexibility index (Phi) is 4.96. The minimum absolute atomic E-state index is 0.0544. The van der Waals surface area contributed by atoms with E-state index in [2.05, 4.69) is 0 Å². The van der Waals surface area contributed by atoms with E-state index in [0.29, 0.717) is 17.6 Å². The highest BCUT2D eigenvalue weighted by Crippen LogP contribution is 2.41. The van der Waals surface area contributed by atoms with Crippen LogP contribution in [0, 0.1) is 12.7 Å². The first-order chi connectivity index (χ1) is 13.0. The number of ketones is 1. The van der Waals surface area contributed by atoms with Gasteiger partial charge >= 0.3 is 0 Å². The van der Waals surface area contributed by atoms with E-state index in [1.54, 1.807) is 33.8 Å². The van der Waals surface area contributed by atoms with Gasteiger partial charge in [0.05, 0.1) is 5.57 Å². The fourth-order valence-corrected chi connectivity index (χ4v) is 3.89. The van der Waals surface area contributed by atoms with Crippen molar-refractivity contribution in [1.29, 1.82) is 0 Å². The third-order valence-electron chi connectivity index (χ3n) is 5.36. The zero-order valence-corrected chi connectivity index (χ0v) is 17.3. The Morgan fingerprint density at radius 3 is 2.32 bits per heavy atom. The van der Waals surface area contributed by atoms with Crippen LogP contribution in [0.4, 0.5) is 4.39 Å². The highest BCUT2D eigenvalue weighted by molar-refractivity contribution is 6.26. The average Bonchev–Trinajstić information content (AvgIpc) is 2.62. The van der Waals surface area contributed by atoms with Gasteiger partial charge in [0.15, 0.2) is 5.78 Å². The third kappa shape index (κ3) is 3.37. The van der Waals surface area contributed by atoms with Gasteiger partial charge in [-0.05, 0) is 81.0 Å². The lowest BCUT2D eigenvalue weighted by Gasteiger charge is -2.40. The van der Waals surface area contributed by atoms with Crippen LogP contribution in [0.2, 0.25) is 0 Å². The largest absolute Gasteiger partial charge is 0.508 e. The van der Waals surface area contributed by atoms with Gasteiger partial charge in [-0.3, -0.25) is 4.79 Å². The number of ether oxygens (including phenoxy) is 1. The third-order valence-corrected chi connectivity index (χ3v) is 5.36. The highest BCUT2D eigenvalue weighted by atomic mass is 19.1. The second-order valence-electron chi connectivity index (χ2n) is 8.36. The summed E-state index contributed by atoms with van der Waals surface area (Å²) in [5.74, 6) is -0.582. The molecule has 0 bridgehead atoms. The lowest BCUT2D eigenvalue weighted by molar-refractivity contribution is -0.158. The molecule has 0 saturated carbocycles. The van der Waals surface area contributed by atoms with Crippen LogP contribution < -0.4 is 0 Å². The number of hydrogen-bond acceptors (Lipinski definition) is 3. The zero-order chi connectivity index (χ0) is 20.9. The van der Waals surface area contributed by atoms with Crippen molar-refractivity contribution in [3.05, 3.63) is 64.7 Å². The Hall–Kier alpha value is -2.46. The second kappa shape index (κ2) is 6.85. The Morgan fingerprint density at radius 2 is 1.68 bits per heavy atom. The number of aryl methyl sites for hydroxylation is 2. The van der Waals surface area contributed by atoms with Gasteiger partial charge in [0.2, 0.25) is 0 Å². The molecular formula is C24H27FO3. The predicted octanol–water partition coefficient (Wildman–Crippen LogP) is 5.79. The SMILES string of the molecule is CCc1cc(-c2cc(F)ccc2C)ccc1C1=C(O)C(C)(C)OC(C)(C)C1=O. The molecule has 0 aromatic heterocycles. The molecule has 0 amide bonds. The monoisotopic (exact) mass is 382 g/mol. The molecule has 0 atom stereocenters. The van der Waals surface area contributed by atoms with Crippen LogP contribution in [0.25, 0.3) is 16.7 Å². The smallest absolute Gasteiger partial charge is 0.198 e. The molecule has 0 spiro atoms. The van der Waals surface area contributed by atoms with Gasteiger partial charge in [-0.15, -0.1) is 0 Å². The second-order valence-corrected chi connectivity index (χ2v) is 8.36. The quantitative estimate of drug-likeness (QED) is 0.731. The first-order valence-corrected chi connectivity index (χ1v) is 9.56. The minimum atomic E-state index is -1.03. The number of hydrogen-bond donors (Lipinski definition) is 1. The van der Waals surface area contributed by atoms with Gasteiger partial charge in [0.1, 0.15) is 22.8 Å². The van der Waals surface area contributed by atoms with Crippen molar-refractivity contribution in [1.82, 2.24) is 0 Å². The summed E-state index contributed by atoms with van der Waals surface area (Å²) in [5, 5.41) is 10.8. The molecule has 2 aromatic carbocycles. The number of aliphatic hydroxyl groups is 1. The fourth-order valence-electron chi connectivity index (χ4n) is 3.89. The summed E-state index contributed by atoms with van der Waals surface area (Å²) in [6.45, 7) is 10.9. The summed E-state index contributed by atoms with van der Waals surface area (Å²) >= 11 is 0. The number of carbonyl (C=O) groups excluding carboxylic acids is 1. The van der Waals surface area contributed by atoms with Crippen LogP contribution >= 0.6 is 0 Å². The van der Waals surface area contributed by atoms with E-state index in [0.717, 1.165) is 22.3 Å². The molecule has 1 aliphatic heterocycles. The average molecular weight is 382 g/mol. The van der Waals surface area contributed by atoms with E-state index < -0.39 is 11.2 Å². The molecular weight excluding hydrogens is 355 g/mol. The number of Topliss-reactive ketones (excluding diaryl/α,β-unsaturated/α-hetero) is 1. The summed E-state index contributed by atoms with van der Waals surface area (Å²) in [6, 6.07) is 10.4. The maximum Gasteiger partial charge on any atom is 0.198 e. The molecule has 28 heavy (non-hydrogen) atoms. The van der Waals surface area contributed by atoms with E-state index in [1.807, 2.05) is 32.0 Å². The number of rotatable bonds is 3. The van der Waals surface area contributed by atoms with Crippen LogP contribution in [0.1, 0.15) is 51.3 Å². The van der Waals surface area contributed by atoms with Crippen molar-refractivity contribution in [3.63, 3.8) is 0 Å². The summed E-state index contributed by atoms with van der Waals surface area (Å²) in [5.41, 5.74) is 2.61. The van der Waals surface area contributed by atoms with Gasteiger partial charge in [0, 0.05) is 0 Å². The molecule has 0 saturated heterocycles. The maximum absolute atomic E-state index is 13.8. The lowest BCUT2D eigenvalue weighted by Crippen LogP contribution is -2.49. The molecule has 3 nitrogen and oxygen atoms in total. The Labute approximate surface area is 165 Å². The summed E-state index contributed by atoms with van der Waals surface area (Å²) in [4.78, 5) is 13.1. The van der Waals surface area contributed by atoms with Crippen molar-refractivity contribution < 1.29 is 19.0 Å². The molecule has 0 aliphatic carbocycles. The molecule has 1 heterocycles. The van der Waals surface area contributed by atoms with Gasteiger partial charge in [-0.25, -0.2) is 4.39 Å². The van der Waals surface area contributed by atoms with Gasteiger partial charge in [-0.2, -0.15) is 0 Å². The first kappa shape index (κ1) is 20.3. The summed E-state index contributed by atoms with van der Waals surface area (Å²) < 4.78 is 19.6. The van der Waals surface area contributed by atoms with Gasteiger partial charge in [0.25, 0.3) is 0 Å². The fraction of sp³-hybridized carbons (Fsp3) is 0.375. The molecule has 0 unspecified atom stereocenters. The van der Waals surface area contributed by atoms with Crippen molar-refractivity contribution in [2.45, 2.75) is 59.2 Å². The van der Waals surface area contributed by atoms with E-state index in [-0.39, 0.29) is 17.4 Å². The highest BCUT2D eigenvalue weighted by Gasteiger charge is 2.47. The van der Waals surface area contributed by atoms with Crippen molar-refractivity contribution in [2.24, 2.45) is 0 Å². The number of halogens is 1. The molecule has 148 valence electrons. The first-order valence-electron chi connectivity index (χ1n) is 9.56. The molecule has 2 aromatic rings. The van der Waals surface area contributed by atoms with Gasteiger partial charge in [-0.1, -0.05) is 31.2 Å². The molecule has 4 heteroatoms. The maximum atomic E-state index is 13.8. The Bertz CT molecular complexity index is 983. The standard InChI is InChI=1S/C24H27FO3/c1-7-15-12-16(19-13-17(25)10-8-14(19)2)9-11-18(15)20-21(26)23(3,4)28-24(5,6)22(20)27/h8-13,26H,7H2,1-6H3. The van der Waals surface area contributed by atoms with Gasteiger partial charge < -0.3 is 9.84 Å². The zero-order valence-electron chi connectivity index (χ0n) is 17.3. The lowest BCUT2D eigenvalue weighted by atomic mass is 9.81. The molecule has 0 fully saturated rings. The number of aliphatic hydroxyl groups excluding tert-OH is 1. The van der Waals surface area contributed by atoms with Crippen molar-refractivity contribution in [2.75, 3.05) is 0 Å². The Morgan fingerprint density at radius 1 is 1.00 bits per heavy atom.